The number of hydrogen-bond donors (Lipinski definition) is 2. The molecule has 0 spiro atoms. The van der Waals surface area contributed by atoms with Crippen LogP contribution in [0.3, 0.4) is 0 Å². The number of rotatable bonds is 13. The first-order valence-electron chi connectivity index (χ1n) is 19.6. The van der Waals surface area contributed by atoms with E-state index in [0.29, 0.717) is 62.0 Å². The second-order valence-corrected chi connectivity index (χ2v) is 15.2. The number of imide groups is 2. The highest BCUT2D eigenvalue weighted by Gasteiger charge is 2.45. The largest absolute Gasteiger partial charge is 0.488 e. The van der Waals surface area contributed by atoms with Crippen LogP contribution >= 0.6 is 0 Å². The molecule has 2 N–H and O–H groups in total. The van der Waals surface area contributed by atoms with Crippen molar-refractivity contribution in [2.45, 2.75) is 71.4 Å². The third-order valence-corrected chi connectivity index (χ3v) is 10.9. The van der Waals surface area contributed by atoms with Crippen LogP contribution in [-0.2, 0) is 42.3 Å². The number of ether oxygens (including phenoxy) is 2. The van der Waals surface area contributed by atoms with Crippen LogP contribution in [0, 0.1) is 0 Å². The van der Waals surface area contributed by atoms with Crippen LogP contribution in [0.4, 0.5) is 5.69 Å². The molecule has 5 aromatic rings. The predicted molar refractivity (Wildman–Crippen MR) is 217 cm³/mol. The third kappa shape index (κ3) is 7.80. The van der Waals surface area contributed by atoms with E-state index in [-0.39, 0.29) is 35.8 Å². The van der Waals surface area contributed by atoms with Gasteiger partial charge in [0.25, 0.3) is 17.7 Å². The van der Waals surface area contributed by atoms with Crippen molar-refractivity contribution in [3.8, 4) is 11.5 Å². The Morgan fingerprint density at radius 2 is 1.45 bits per heavy atom. The molecule has 0 bridgehead atoms. The molecule has 0 radical (unpaired) electrons. The van der Waals surface area contributed by atoms with Crippen LogP contribution in [0.25, 0.3) is 0 Å². The van der Waals surface area contributed by atoms with Crippen LogP contribution < -0.4 is 20.1 Å². The Morgan fingerprint density at radius 1 is 0.759 bits per heavy atom. The van der Waals surface area contributed by atoms with Crippen LogP contribution in [0.1, 0.15) is 97.1 Å². The van der Waals surface area contributed by atoms with E-state index in [1.165, 1.54) is 0 Å². The summed E-state index contributed by atoms with van der Waals surface area (Å²) in [5.41, 5.74) is 7.59. The first kappa shape index (κ1) is 38.1. The molecule has 1 saturated heterocycles. The number of anilines is 1. The summed E-state index contributed by atoms with van der Waals surface area (Å²) < 4.78 is 12.7. The average Bonchev–Trinajstić information content (AvgIpc) is 3.77. The highest BCUT2D eigenvalue weighted by molar-refractivity contribution is 6.25. The summed E-state index contributed by atoms with van der Waals surface area (Å²) in [6.07, 6.45) is 0.769. The first-order valence-corrected chi connectivity index (χ1v) is 19.6. The summed E-state index contributed by atoms with van der Waals surface area (Å²) in [6, 6.07) is 33.9. The zero-order valence-electron chi connectivity index (χ0n) is 32.5. The Kier molecular flexibility index (Phi) is 10.8. The molecule has 11 heteroatoms. The molecule has 0 saturated carbocycles. The normalized spacial score (nSPS) is 16.0. The second kappa shape index (κ2) is 16.4. The summed E-state index contributed by atoms with van der Waals surface area (Å²) in [6.45, 7) is 6.23. The lowest BCUT2D eigenvalue weighted by molar-refractivity contribution is -0.136. The monoisotopic (exact) mass is 776 g/mol. The number of benzene rings is 5. The van der Waals surface area contributed by atoms with Gasteiger partial charge in [0.15, 0.2) is 0 Å². The van der Waals surface area contributed by atoms with Crippen LogP contribution in [0.2, 0.25) is 0 Å². The number of nitrogens with zero attached hydrogens (tertiary/aromatic N) is 2. The first-order chi connectivity index (χ1) is 28.1. The summed E-state index contributed by atoms with van der Waals surface area (Å²) in [7, 11) is 0. The molecule has 58 heavy (non-hydrogen) atoms. The lowest BCUT2D eigenvalue weighted by atomic mass is 9.98. The minimum atomic E-state index is -1.03. The fourth-order valence-corrected chi connectivity index (χ4v) is 7.83. The summed E-state index contributed by atoms with van der Waals surface area (Å²) in [4.78, 5) is 68.3. The topological polar surface area (TPSA) is 134 Å². The van der Waals surface area contributed by atoms with Gasteiger partial charge in [0.2, 0.25) is 11.8 Å². The molecule has 1 atom stereocenters. The molecule has 11 nitrogen and oxygen atoms in total. The second-order valence-electron chi connectivity index (χ2n) is 15.2. The molecule has 3 aliphatic rings. The van der Waals surface area contributed by atoms with Crippen LogP contribution in [0.15, 0.2) is 109 Å². The maximum Gasteiger partial charge on any atom is 0.264 e. The lowest BCUT2D eigenvalue weighted by Gasteiger charge is -2.27. The zero-order valence-corrected chi connectivity index (χ0v) is 32.5. The molecule has 0 aromatic heterocycles. The van der Waals surface area contributed by atoms with Crippen LogP contribution in [-0.4, -0.2) is 51.9 Å². The Morgan fingerprint density at radius 3 is 2.14 bits per heavy atom. The van der Waals surface area contributed by atoms with E-state index in [2.05, 4.69) is 36.6 Å². The number of amides is 5. The fraction of sp³-hybridized carbons (Fsp3) is 0.255. The van der Waals surface area contributed by atoms with E-state index >= 15 is 0 Å². The molecule has 3 aliphatic heterocycles. The molecule has 294 valence electrons. The maximum atomic E-state index is 14.4. The molecule has 8 rings (SSSR count). The molecular formula is C47H44N4O7. The van der Waals surface area contributed by atoms with E-state index in [0.717, 1.165) is 38.3 Å². The molecule has 3 heterocycles. The average molecular weight is 777 g/mol. The van der Waals surface area contributed by atoms with Gasteiger partial charge < -0.3 is 19.7 Å². The zero-order chi connectivity index (χ0) is 40.3. The Labute approximate surface area is 337 Å². The summed E-state index contributed by atoms with van der Waals surface area (Å²) in [5, 5.41) is 5.56. The van der Waals surface area contributed by atoms with Gasteiger partial charge in [-0.3, -0.25) is 34.2 Å². The van der Waals surface area contributed by atoms with Gasteiger partial charge in [-0.2, -0.15) is 0 Å². The minimum absolute atomic E-state index is 0.0585. The Balaban J connectivity index is 0.961. The molecule has 5 amide bonds. The number of hydrogen-bond acceptors (Lipinski definition) is 8. The highest BCUT2D eigenvalue weighted by Crippen LogP contribution is 2.37. The Bertz CT molecular complexity index is 2410. The SMILES string of the molecule is CC(C)c1cc(C(=O)N2Cc3ccc(CCNc4cccc5c4C(=O)N(C4CCC(=O)NC4=O)C5=O)cc3C2)c(OCc2ccccc2)cc1OCc1ccccc1. The van der Waals surface area contributed by atoms with E-state index < -0.39 is 29.7 Å². The van der Waals surface area contributed by atoms with Gasteiger partial charge in [-0.05, 0) is 70.3 Å². The Hall–Kier alpha value is -6.75. The summed E-state index contributed by atoms with van der Waals surface area (Å²) >= 11 is 0. The number of fused-ring (bicyclic) bond motifs is 2. The maximum absolute atomic E-state index is 14.4. The molecular weight excluding hydrogens is 733 g/mol. The van der Waals surface area contributed by atoms with E-state index in [1.54, 1.807) is 18.2 Å². The fourth-order valence-electron chi connectivity index (χ4n) is 7.83. The van der Waals surface area contributed by atoms with Crippen molar-refractivity contribution in [3.63, 3.8) is 0 Å². The van der Waals surface area contributed by atoms with Crippen molar-refractivity contribution in [3.05, 3.63) is 159 Å². The standard InChI is InChI=1S/C47H44N4O7/c1-29(2)36-23-37(41(58-28-32-12-7-4-8-13-32)24-40(36)57-27-31-10-5-3-6-11-31)45(54)50-25-33-17-16-30(22-34(33)26-50)20-21-48-38-15-9-14-35-43(38)47(56)51(46(35)55)39-18-19-42(52)49-44(39)53/h3-17,22-24,29,39,48H,18-21,25-28H2,1-2H3,(H,49,52,53). The smallest absolute Gasteiger partial charge is 0.264 e. The van der Waals surface area contributed by atoms with E-state index in [9.17, 15) is 24.0 Å². The summed E-state index contributed by atoms with van der Waals surface area (Å²) in [5.74, 6) is -1.03. The molecule has 0 aliphatic carbocycles. The van der Waals surface area contributed by atoms with Gasteiger partial charge in [0.1, 0.15) is 30.8 Å². The lowest BCUT2D eigenvalue weighted by Crippen LogP contribution is -2.54. The van der Waals surface area contributed by atoms with Crippen molar-refractivity contribution < 1.29 is 33.4 Å². The van der Waals surface area contributed by atoms with Gasteiger partial charge in [-0.15, -0.1) is 0 Å². The number of carbonyl (C=O) groups excluding carboxylic acids is 5. The van der Waals surface area contributed by atoms with Crippen molar-refractivity contribution in [2.24, 2.45) is 0 Å². The predicted octanol–water partition coefficient (Wildman–Crippen LogP) is 7.18. The van der Waals surface area contributed by atoms with Gasteiger partial charge in [0, 0.05) is 37.8 Å². The van der Waals surface area contributed by atoms with Crippen molar-refractivity contribution >= 4 is 35.2 Å². The molecule has 1 fully saturated rings. The van der Waals surface area contributed by atoms with Gasteiger partial charge in [-0.25, -0.2) is 0 Å². The number of piperidine rings is 1. The third-order valence-electron chi connectivity index (χ3n) is 10.9. The number of nitrogens with one attached hydrogen (secondary N) is 2. The van der Waals surface area contributed by atoms with Crippen molar-refractivity contribution in [1.82, 2.24) is 15.1 Å². The van der Waals surface area contributed by atoms with Crippen LogP contribution in [0.5, 0.6) is 11.5 Å². The van der Waals surface area contributed by atoms with E-state index in [1.807, 2.05) is 83.8 Å². The van der Waals surface area contributed by atoms with Crippen molar-refractivity contribution in [2.75, 3.05) is 11.9 Å². The molecule has 1 unspecified atom stereocenters. The van der Waals surface area contributed by atoms with Gasteiger partial charge >= 0.3 is 0 Å². The van der Waals surface area contributed by atoms with Gasteiger partial charge in [-0.1, -0.05) is 98.8 Å². The molecule has 5 aromatic carbocycles. The minimum Gasteiger partial charge on any atom is -0.488 e. The van der Waals surface area contributed by atoms with Crippen molar-refractivity contribution in [1.29, 1.82) is 0 Å². The van der Waals surface area contributed by atoms with E-state index in [4.69, 9.17) is 9.47 Å². The van der Waals surface area contributed by atoms with Gasteiger partial charge in [0.05, 0.1) is 16.7 Å². The highest BCUT2D eigenvalue weighted by atomic mass is 16.5. The number of carbonyl (C=O) groups is 5. The quantitative estimate of drug-likeness (QED) is 0.120.